The first-order valence-corrected chi connectivity index (χ1v) is 8.56. The fourth-order valence-corrected chi connectivity index (χ4v) is 5.27. The highest BCUT2D eigenvalue weighted by Gasteiger charge is 2.33. The molecule has 1 rings (SSSR count). The number of nitrogens with zero attached hydrogens (tertiary/aromatic N) is 1. The lowest BCUT2D eigenvalue weighted by Gasteiger charge is -2.33. The number of hydrogen-bond acceptors (Lipinski definition) is 2. The summed E-state index contributed by atoms with van der Waals surface area (Å²) in [7, 11) is 0. The van der Waals surface area contributed by atoms with E-state index in [9.17, 15) is 0 Å². The maximum Gasteiger partial charge on any atom is 0.0937 e. The van der Waals surface area contributed by atoms with Gasteiger partial charge in [-0.2, -0.15) is 0 Å². The molecule has 1 nitrogen and oxygen atoms in total. The van der Waals surface area contributed by atoms with E-state index in [1.165, 1.54) is 15.6 Å². The van der Waals surface area contributed by atoms with Crippen LogP contribution in [0, 0.1) is 25.2 Å². The molecule has 1 aromatic heterocycles. The molecule has 92 valence electrons. The van der Waals surface area contributed by atoms with Crippen LogP contribution in [0.25, 0.3) is 0 Å². The Morgan fingerprint density at radius 3 is 2.12 bits per heavy atom. The maximum absolute atomic E-state index is 4.65. The first kappa shape index (κ1) is 14.7. The molecule has 0 saturated carbocycles. The van der Waals surface area contributed by atoms with Crippen LogP contribution in [0.15, 0.2) is 0 Å². The van der Waals surface area contributed by atoms with Gasteiger partial charge in [0.25, 0.3) is 0 Å². The van der Waals surface area contributed by atoms with Crippen molar-refractivity contribution < 1.29 is 0 Å². The van der Waals surface area contributed by atoms with Gasteiger partial charge < -0.3 is 0 Å². The van der Waals surface area contributed by atoms with Gasteiger partial charge in [0, 0.05) is 22.0 Å². The Kier molecular flexibility index (Phi) is 5.46. The van der Waals surface area contributed by atoms with Crippen LogP contribution in [0.2, 0.25) is 0 Å². The van der Waals surface area contributed by atoms with E-state index in [1.54, 1.807) is 0 Å². The van der Waals surface area contributed by atoms with Crippen molar-refractivity contribution in [2.45, 2.75) is 34.1 Å². The average molecular weight is 369 g/mol. The number of alkyl halides is 2. The van der Waals surface area contributed by atoms with Crippen LogP contribution >= 0.6 is 43.2 Å². The molecule has 0 saturated heterocycles. The van der Waals surface area contributed by atoms with Gasteiger partial charge in [0.05, 0.1) is 10.7 Å². The predicted octanol–water partition coefficient (Wildman–Crippen LogP) is 4.73. The molecular formula is C12H19Br2NS. The standard InChI is InChI=1S/C12H19Br2NS/c1-8(2)12(6-13,7-14)5-11-15-9(3)10(4)16-11/h8H,5-7H2,1-4H3. The van der Waals surface area contributed by atoms with Crippen molar-refractivity contribution >= 4 is 43.2 Å². The molecular weight excluding hydrogens is 350 g/mol. The lowest BCUT2D eigenvalue weighted by atomic mass is 9.78. The normalized spacial score (nSPS) is 12.4. The Morgan fingerprint density at radius 2 is 1.81 bits per heavy atom. The first-order valence-electron chi connectivity index (χ1n) is 5.50. The molecule has 0 aliphatic carbocycles. The van der Waals surface area contributed by atoms with Crippen LogP contribution in [-0.4, -0.2) is 15.6 Å². The number of rotatable bonds is 5. The number of aromatic nitrogens is 1. The van der Waals surface area contributed by atoms with E-state index in [0.717, 1.165) is 17.1 Å². The van der Waals surface area contributed by atoms with Gasteiger partial charge in [0.2, 0.25) is 0 Å². The molecule has 0 unspecified atom stereocenters. The van der Waals surface area contributed by atoms with E-state index in [-0.39, 0.29) is 5.41 Å². The Morgan fingerprint density at radius 1 is 1.25 bits per heavy atom. The zero-order chi connectivity index (χ0) is 12.3. The van der Waals surface area contributed by atoms with Crippen molar-refractivity contribution in [3.63, 3.8) is 0 Å². The third-order valence-corrected chi connectivity index (χ3v) is 6.64. The zero-order valence-electron chi connectivity index (χ0n) is 10.3. The van der Waals surface area contributed by atoms with Crippen LogP contribution in [0.3, 0.4) is 0 Å². The van der Waals surface area contributed by atoms with Crippen LogP contribution in [0.5, 0.6) is 0 Å². The largest absolute Gasteiger partial charge is 0.246 e. The molecule has 0 bridgehead atoms. The molecule has 0 radical (unpaired) electrons. The molecule has 1 aromatic rings. The molecule has 0 N–H and O–H groups in total. The minimum atomic E-state index is 0.275. The van der Waals surface area contributed by atoms with Crippen molar-refractivity contribution in [1.82, 2.24) is 4.98 Å². The molecule has 0 atom stereocenters. The smallest absolute Gasteiger partial charge is 0.0937 e. The summed E-state index contributed by atoms with van der Waals surface area (Å²) in [5, 5.41) is 3.30. The van der Waals surface area contributed by atoms with E-state index in [2.05, 4.69) is 64.5 Å². The molecule has 0 aliphatic heterocycles. The second-order valence-electron chi connectivity index (χ2n) is 4.71. The van der Waals surface area contributed by atoms with E-state index < -0.39 is 0 Å². The van der Waals surface area contributed by atoms with Gasteiger partial charge >= 0.3 is 0 Å². The molecule has 16 heavy (non-hydrogen) atoms. The van der Waals surface area contributed by atoms with Crippen molar-refractivity contribution in [1.29, 1.82) is 0 Å². The topological polar surface area (TPSA) is 12.9 Å². The summed E-state index contributed by atoms with van der Waals surface area (Å²) in [4.78, 5) is 5.99. The van der Waals surface area contributed by atoms with Gasteiger partial charge in [-0.1, -0.05) is 45.7 Å². The molecule has 0 fully saturated rings. The van der Waals surface area contributed by atoms with Crippen molar-refractivity contribution in [3.05, 3.63) is 15.6 Å². The average Bonchev–Trinajstić information content (AvgIpc) is 2.54. The highest BCUT2D eigenvalue weighted by atomic mass is 79.9. The summed E-state index contributed by atoms with van der Waals surface area (Å²) in [6, 6.07) is 0. The minimum absolute atomic E-state index is 0.275. The Bertz CT molecular complexity index is 323. The Labute approximate surface area is 119 Å². The van der Waals surface area contributed by atoms with Crippen LogP contribution in [0.4, 0.5) is 0 Å². The number of aryl methyl sites for hydroxylation is 2. The third-order valence-electron chi connectivity index (χ3n) is 3.33. The van der Waals surface area contributed by atoms with E-state index in [4.69, 9.17) is 0 Å². The molecule has 0 aliphatic rings. The van der Waals surface area contributed by atoms with Crippen LogP contribution in [-0.2, 0) is 6.42 Å². The highest BCUT2D eigenvalue weighted by molar-refractivity contribution is 9.09. The van der Waals surface area contributed by atoms with Gasteiger partial charge in [0.15, 0.2) is 0 Å². The summed E-state index contributed by atoms with van der Waals surface area (Å²) < 4.78 is 0. The van der Waals surface area contributed by atoms with E-state index in [0.29, 0.717) is 5.92 Å². The van der Waals surface area contributed by atoms with E-state index in [1.807, 2.05) is 11.3 Å². The van der Waals surface area contributed by atoms with Gasteiger partial charge in [-0.15, -0.1) is 11.3 Å². The number of hydrogen-bond donors (Lipinski definition) is 0. The van der Waals surface area contributed by atoms with Gasteiger partial charge in [-0.3, -0.25) is 0 Å². The quantitative estimate of drug-likeness (QED) is 0.684. The summed E-state index contributed by atoms with van der Waals surface area (Å²) in [6.45, 7) is 8.82. The third kappa shape index (κ3) is 3.08. The summed E-state index contributed by atoms with van der Waals surface area (Å²) in [5.74, 6) is 0.635. The maximum atomic E-state index is 4.65. The van der Waals surface area contributed by atoms with E-state index >= 15 is 0 Å². The summed E-state index contributed by atoms with van der Waals surface area (Å²) in [5.41, 5.74) is 1.46. The fourth-order valence-electron chi connectivity index (χ4n) is 1.56. The number of halogens is 2. The minimum Gasteiger partial charge on any atom is -0.246 e. The second kappa shape index (κ2) is 5.96. The summed E-state index contributed by atoms with van der Waals surface area (Å²) in [6.07, 6.45) is 1.06. The lowest BCUT2D eigenvalue weighted by molar-refractivity contribution is 0.267. The lowest BCUT2D eigenvalue weighted by Crippen LogP contribution is -2.33. The molecule has 1 heterocycles. The van der Waals surface area contributed by atoms with Gasteiger partial charge in [-0.25, -0.2) is 4.98 Å². The van der Waals surface area contributed by atoms with Gasteiger partial charge in [-0.05, 0) is 25.2 Å². The Hall–Kier alpha value is 0.590. The zero-order valence-corrected chi connectivity index (χ0v) is 14.3. The monoisotopic (exact) mass is 367 g/mol. The SMILES string of the molecule is Cc1nc(CC(CBr)(CBr)C(C)C)sc1C. The summed E-state index contributed by atoms with van der Waals surface area (Å²) >= 11 is 9.16. The fraction of sp³-hybridized carbons (Fsp3) is 0.750. The number of thiazole rings is 1. The van der Waals surface area contributed by atoms with Crippen molar-refractivity contribution in [2.75, 3.05) is 10.7 Å². The van der Waals surface area contributed by atoms with Crippen LogP contribution < -0.4 is 0 Å². The van der Waals surface area contributed by atoms with Gasteiger partial charge in [0.1, 0.15) is 0 Å². The van der Waals surface area contributed by atoms with Crippen molar-refractivity contribution in [3.8, 4) is 0 Å². The highest BCUT2D eigenvalue weighted by Crippen LogP contribution is 2.37. The molecule has 4 heteroatoms. The Balaban J connectivity index is 2.91. The molecule has 0 spiro atoms. The second-order valence-corrected chi connectivity index (χ2v) is 7.12. The molecule has 0 aromatic carbocycles. The van der Waals surface area contributed by atoms with Crippen molar-refractivity contribution in [2.24, 2.45) is 11.3 Å². The predicted molar refractivity (Wildman–Crippen MR) is 80.2 cm³/mol. The first-order chi connectivity index (χ1) is 7.45. The molecule has 0 amide bonds. The van der Waals surface area contributed by atoms with Crippen LogP contribution in [0.1, 0.15) is 29.4 Å².